The largest absolute Gasteiger partial charge is 0.454 e. The number of benzene rings is 1. The van der Waals surface area contributed by atoms with E-state index in [1.54, 1.807) is 11.8 Å². The summed E-state index contributed by atoms with van der Waals surface area (Å²) in [7, 11) is 0. The minimum absolute atomic E-state index is 0.114. The van der Waals surface area contributed by atoms with Gasteiger partial charge < -0.3 is 24.4 Å². The molecule has 0 unspecified atom stereocenters. The van der Waals surface area contributed by atoms with E-state index in [9.17, 15) is 4.79 Å². The lowest BCUT2D eigenvalue weighted by Gasteiger charge is -2.28. The second kappa shape index (κ2) is 8.92. The van der Waals surface area contributed by atoms with Crippen molar-refractivity contribution in [2.45, 2.75) is 25.4 Å². The molecule has 0 aliphatic carbocycles. The molecule has 0 radical (unpaired) electrons. The van der Waals surface area contributed by atoms with Crippen LogP contribution in [0.2, 0.25) is 0 Å². The highest BCUT2D eigenvalue weighted by molar-refractivity contribution is 7.99. The highest BCUT2D eigenvalue weighted by atomic mass is 32.2. The van der Waals surface area contributed by atoms with Crippen molar-refractivity contribution in [2.75, 3.05) is 43.7 Å². The Morgan fingerprint density at radius 2 is 2.00 bits per heavy atom. The van der Waals surface area contributed by atoms with E-state index in [-0.39, 0.29) is 12.7 Å². The highest BCUT2D eigenvalue weighted by Crippen LogP contribution is 2.32. The minimum Gasteiger partial charge on any atom is -0.454 e. The maximum atomic E-state index is 13.0. The second-order valence-corrected chi connectivity index (χ2v) is 8.13. The summed E-state index contributed by atoms with van der Waals surface area (Å²) in [6.45, 7) is 7.73. The number of ether oxygens (including phenoxy) is 3. The molecular weight excluding hydrogens is 390 g/mol. The Bertz CT molecular complexity index is 900. The van der Waals surface area contributed by atoms with Crippen LogP contribution in [0.5, 0.6) is 11.5 Å². The summed E-state index contributed by atoms with van der Waals surface area (Å²) in [6, 6.07) is 7.70. The van der Waals surface area contributed by atoms with Crippen molar-refractivity contribution in [3.63, 3.8) is 0 Å². The molecule has 4 rings (SSSR count). The number of anilines is 1. The van der Waals surface area contributed by atoms with Gasteiger partial charge in [-0.2, -0.15) is 0 Å². The third-order valence-corrected chi connectivity index (χ3v) is 5.76. The summed E-state index contributed by atoms with van der Waals surface area (Å²) in [6.07, 6.45) is 0. The summed E-state index contributed by atoms with van der Waals surface area (Å²) in [5, 5.41) is 3.80. The molecule has 0 spiro atoms. The van der Waals surface area contributed by atoms with E-state index in [2.05, 4.69) is 17.1 Å². The van der Waals surface area contributed by atoms with Crippen molar-refractivity contribution >= 4 is 23.5 Å². The normalized spacial score (nSPS) is 15.4. The van der Waals surface area contributed by atoms with E-state index in [0.717, 1.165) is 46.6 Å². The first kappa shape index (κ1) is 19.8. The highest BCUT2D eigenvalue weighted by Gasteiger charge is 2.21. The Morgan fingerprint density at radius 3 is 2.79 bits per heavy atom. The first-order valence-electron chi connectivity index (χ1n) is 9.79. The standard InChI is InChI=1S/C21H25N3O4S/c1-3-29-21-19(14(2)10-18(23-21)24-6-8-26-9-7-24)20(25)22-12-15-4-5-16-17(11-15)28-13-27-16/h4-5,10-11H,3,6-9,12-13H2,1-2H3,(H,22,25). The lowest BCUT2D eigenvalue weighted by atomic mass is 10.1. The van der Waals surface area contributed by atoms with Gasteiger partial charge in [-0.15, -0.1) is 11.8 Å². The fourth-order valence-corrected chi connectivity index (χ4v) is 4.25. The van der Waals surface area contributed by atoms with Gasteiger partial charge in [0.05, 0.1) is 18.8 Å². The van der Waals surface area contributed by atoms with Gasteiger partial charge in [0.2, 0.25) is 6.79 Å². The number of carbonyl (C=O) groups excluding carboxylic acids is 1. The third-order valence-electron chi connectivity index (χ3n) is 4.90. The fourth-order valence-electron chi connectivity index (χ4n) is 3.42. The number of pyridine rings is 1. The Balaban J connectivity index is 1.52. The van der Waals surface area contributed by atoms with Crippen LogP contribution < -0.4 is 19.7 Å². The van der Waals surface area contributed by atoms with Crippen LogP contribution in [-0.4, -0.2) is 49.7 Å². The SMILES string of the molecule is CCSc1nc(N2CCOCC2)cc(C)c1C(=O)NCc1ccc2c(c1)OCO2. The van der Waals surface area contributed by atoms with Gasteiger partial charge in [-0.05, 0) is 42.0 Å². The van der Waals surface area contributed by atoms with E-state index < -0.39 is 0 Å². The molecule has 1 aromatic carbocycles. The van der Waals surface area contributed by atoms with Gasteiger partial charge in [0.15, 0.2) is 11.5 Å². The van der Waals surface area contributed by atoms with Gasteiger partial charge in [0.25, 0.3) is 5.91 Å². The number of rotatable bonds is 6. The van der Waals surface area contributed by atoms with Gasteiger partial charge in [0, 0.05) is 19.6 Å². The number of nitrogens with one attached hydrogen (secondary N) is 1. The number of nitrogens with zero attached hydrogens (tertiary/aromatic N) is 2. The molecule has 1 aromatic heterocycles. The van der Waals surface area contributed by atoms with Crippen LogP contribution in [-0.2, 0) is 11.3 Å². The predicted molar refractivity (Wildman–Crippen MR) is 112 cm³/mol. The zero-order valence-corrected chi connectivity index (χ0v) is 17.5. The van der Waals surface area contributed by atoms with Gasteiger partial charge in [-0.25, -0.2) is 4.98 Å². The maximum Gasteiger partial charge on any atom is 0.254 e. The van der Waals surface area contributed by atoms with Gasteiger partial charge in [-0.3, -0.25) is 4.79 Å². The average molecular weight is 416 g/mol. The Kier molecular flexibility index (Phi) is 6.10. The third kappa shape index (κ3) is 4.43. The number of fused-ring (bicyclic) bond motifs is 1. The maximum absolute atomic E-state index is 13.0. The predicted octanol–water partition coefficient (Wildman–Crippen LogP) is 3.00. The molecule has 0 saturated carbocycles. The molecule has 3 heterocycles. The summed E-state index contributed by atoms with van der Waals surface area (Å²) in [4.78, 5) is 20.0. The van der Waals surface area contributed by atoms with Crippen LogP contribution in [0.1, 0.15) is 28.4 Å². The summed E-state index contributed by atoms with van der Waals surface area (Å²) < 4.78 is 16.2. The van der Waals surface area contributed by atoms with E-state index in [1.807, 2.05) is 31.2 Å². The van der Waals surface area contributed by atoms with Crippen LogP contribution in [0.3, 0.4) is 0 Å². The van der Waals surface area contributed by atoms with Gasteiger partial charge in [0.1, 0.15) is 10.8 Å². The molecule has 1 N–H and O–H groups in total. The van der Waals surface area contributed by atoms with Crippen molar-refractivity contribution in [3.05, 3.63) is 41.0 Å². The van der Waals surface area contributed by atoms with E-state index >= 15 is 0 Å². The molecule has 1 amide bonds. The number of aryl methyl sites for hydroxylation is 1. The monoisotopic (exact) mass is 415 g/mol. The van der Waals surface area contributed by atoms with Crippen molar-refractivity contribution in [1.29, 1.82) is 0 Å². The van der Waals surface area contributed by atoms with Crippen LogP contribution >= 0.6 is 11.8 Å². The number of thioether (sulfide) groups is 1. The van der Waals surface area contributed by atoms with E-state index in [4.69, 9.17) is 19.2 Å². The van der Waals surface area contributed by atoms with E-state index in [1.165, 1.54) is 0 Å². The Morgan fingerprint density at radius 1 is 1.21 bits per heavy atom. The smallest absolute Gasteiger partial charge is 0.254 e. The minimum atomic E-state index is -0.114. The molecule has 2 aliphatic rings. The molecule has 2 aromatic rings. The topological polar surface area (TPSA) is 72.9 Å². The molecule has 154 valence electrons. The number of carbonyl (C=O) groups is 1. The molecule has 1 fully saturated rings. The zero-order chi connectivity index (χ0) is 20.2. The number of hydrogen-bond donors (Lipinski definition) is 1. The first-order valence-corrected chi connectivity index (χ1v) is 10.8. The summed E-state index contributed by atoms with van der Waals surface area (Å²) in [5.41, 5.74) is 2.54. The van der Waals surface area contributed by atoms with Crippen LogP contribution in [0, 0.1) is 6.92 Å². The van der Waals surface area contributed by atoms with Gasteiger partial charge in [-0.1, -0.05) is 13.0 Å². The van der Waals surface area contributed by atoms with Crippen molar-refractivity contribution in [2.24, 2.45) is 0 Å². The van der Waals surface area contributed by atoms with Crippen molar-refractivity contribution < 1.29 is 19.0 Å². The van der Waals surface area contributed by atoms with Crippen LogP contribution in [0.25, 0.3) is 0 Å². The number of aromatic nitrogens is 1. The summed E-state index contributed by atoms with van der Waals surface area (Å²) >= 11 is 1.59. The molecule has 2 aliphatic heterocycles. The van der Waals surface area contributed by atoms with Gasteiger partial charge >= 0.3 is 0 Å². The second-order valence-electron chi connectivity index (χ2n) is 6.88. The molecular formula is C21H25N3O4S. The number of amides is 1. The average Bonchev–Trinajstić information content (AvgIpc) is 3.20. The molecule has 29 heavy (non-hydrogen) atoms. The lowest BCUT2D eigenvalue weighted by molar-refractivity contribution is 0.0946. The van der Waals surface area contributed by atoms with Crippen LogP contribution in [0.4, 0.5) is 5.82 Å². The Hall–Kier alpha value is -2.45. The number of hydrogen-bond acceptors (Lipinski definition) is 7. The first-order chi connectivity index (χ1) is 14.2. The van der Waals surface area contributed by atoms with Crippen LogP contribution in [0.15, 0.2) is 29.3 Å². The summed E-state index contributed by atoms with van der Waals surface area (Å²) in [5.74, 6) is 3.10. The van der Waals surface area contributed by atoms with Crippen molar-refractivity contribution in [1.82, 2.24) is 10.3 Å². The lowest BCUT2D eigenvalue weighted by Crippen LogP contribution is -2.37. The Labute approximate surface area is 174 Å². The molecule has 0 bridgehead atoms. The van der Waals surface area contributed by atoms with E-state index in [0.29, 0.717) is 31.1 Å². The molecule has 0 atom stereocenters. The molecule has 1 saturated heterocycles. The molecule has 8 heteroatoms. The quantitative estimate of drug-likeness (QED) is 0.727. The van der Waals surface area contributed by atoms with Crippen molar-refractivity contribution in [3.8, 4) is 11.5 Å². The fraction of sp³-hybridized carbons (Fsp3) is 0.429. The zero-order valence-electron chi connectivity index (χ0n) is 16.7. The number of morpholine rings is 1. The molecule has 7 nitrogen and oxygen atoms in total.